The van der Waals surface area contributed by atoms with Crippen LogP contribution in [0.5, 0.6) is 0 Å². The van der Waals surface area contributed by atoms with Crippen LogP contribution in [0.4, 0.5) is 4.79 Å². The molecular weight excluding hydrogens is 270 g/mol. The molecule has 0 bridgehead atoms. The van der Waals surface area contributed by atoms with Crippen LogP contribution in [0.2, 0.25) is 0 Å². The Hall–Kier alpha value is -1.44. The number of carboxylic acids is 1. The number of amides is 3. The van der Waals surface area contributed by atoms with E-state index < -0.39 is 18.0 Å². The summed E-state index contributed by atoms with van der Waals surface area (Å²) in [6.45, 7) is 0.956. The zero-order valence-electron chi connectivity index (χ0n) is 10.8. The van der Waals surface area contributed by atoms with E-state index >= 15 is 0 Å². The first kappa shape index (κ1) is 15.6. The van der Waals surface area contributed by atoms with Crippen LogP contribution >= 0.6 is 11.8 Å². The van der Waals surface area contributed by atoms with Gasteiger partial charge < -0.3 is 20.6 Å². The monoisotopic (exact) mass is 289 g/mol. The highest BCUT2D eigenvalue weighted by Gasteiger charge is 2.25. The topological polar surface area (TPSA) is 98.7 Å². The Kier molecular flexibility index (Phi) is 6.48. The zero-order chi connectivity index (χ0) is 14.3. The van der Waals surface area contributed by atoms with Crippen molar-refractivity contribution in [1.29, 1.82) is 0 Å². The molecule has 0 radical (unpaired) electrons. The van der Waals surface area contributed by atoms with E-state index in [1.165, 1.54) is 16.7 Å². The van der Waals surface area contributed by atoms with Crippen molar-refractivity contribution in [3.05, 3.63) is 0 Å². The third-order valence-corrected chi connectivity index (χ3v) is 3.40. The van der Waals surface area contributed by atoms with Gasteiger partial charge in [0, 0.05) is 13.1 Å². The number of carbonyl (C=O) groups is 3. The first-order chi connectivity index (χ1) is 9.04. The van der Waals surface area contributed by atoms with Crippen LogP contribution in [0.3, 0.4) is 0 Å². The standard InChI is InChI=1S/C11H19N3O4S/c1-19-6-3-8(10(16)17)13-11(18)14-5-2-4-12-9(15)7-14/h8H,2-7H2,1H3,(H,12,15)(H,13,18)(H,16,17)/t8-/m1/s1. The lowest BCUT2D eigenvalue weighted by Gasteiger charge is -2.22. The molecule has 1 aliphatic rings. The Bertz CT molecular complexity index is 351. The van der Waals surface area contributed by atoms with Crippen LogP contribution in [-0.2, 0) is 9.59 Å². The van der Waals surface area contributed by atoms with Gasteiger partial charge in [0.15, 0.2) is 0 Å². The summed E-state index contributed by atoms with van der Waals surface area (Å²) in [5.74, 6) is -0.622. The number of urea groups is 1. The number of aliphatic carboxylic acids is 1. The van der Waals surface area contributed by atoms with E-state index in [1.807, 2.05) is 6.26 Å². The number of thioether (sulfide) groups is 1. The van der Waals surface area contributed by atoms with E-state index in [9.17, 15) is 14.4 Å². The Morgan fingerprint density at radius 1 is 1.58 bits per heavy atom. The maximum Gasteiger partial charge on any atom is 0.326 e. The van der Waals surface area contributed by atoms with Crippen molar-refractivity contribution in [2.24, 2.45) is 0 Å². The van der Waals surface area contributed by atoms with E-state index in [2.05, 4.69) is 10.6 Å². The molecule has 0 spiro atoms. The van der Waals surface area contributed by atoms with Crippen LogP contribution in [0.15, 0.2) is 0 Å². The molecule has 0 unspecified atom stereocenters. The summed E-state index contributed by atoms with van der Waals surface area (Å²) in [6, 6.07) is -1.41. The molecule has 1 atom stereocenters. The van der Waals surface area contributed by atoms with E-state index in [0.717, 1.165) is 0 Å². The van der Waals surface area contributed by atoms with Crippen LogP contribution in [0, 0.1) is 0 Å². The second-order valence-corrected chi connectivity index (χ2v) is 5.23. The van der Waals surface area contributed by atoms with E-state index in [-0.39, 0.29) is 12.5 Å². The quantitative estimate of drug-likeness (QED) is 0.647. The molecule has 7 nitrogen and oxygen atoms in total. The zero-order valence-corrected chi connectivity index (χ0v) is 11.7. The van der Waals surface area contributed by atoms with Gasteiger partial charge in [-0.1, -0.05) is 0 Å². The minimum atomic E-state index is -1.05. The summed E-state index contributed by atoms with van der Waals surface area (Å²) in [5.41, 5.74) is 0. The third kappa shape index (κ3) is 5.37. The highest BCUT2D eigenvalue weighted by atomic mass is 32.2. The minimum Gasteiger partial charge on any atom is -0.480 e. The number of hydrogen-bond acceptors (Lipinski definition) is 4. The average Bonchev–Trinajstić information content (AvgIpc) is 2.58. The number of nitrogens with zero attached hydrogens (tertiary/aromatic N) is 1. The van der Waals surface area contributed by atoms with E-state index in [0.29, 0.717) is 31.7 Å². The average molecular weight is 289 g/mol. The largest absolute Gasteiger partial charge is 0.480 e. The molecule has 3 N–H and O–H groups in total. The number of carbonyl (C=O) groups excluding carboxylic acids is 2. The van der Waals surface area contributed by atoms with Gasteiger partial charge in [0.2, 0.25) is 5.91 Å². The van der Waals surface area contributed by atoms with Crippen LogP contribution in [0.25, 0.3) is 0 Å². The van der Waals surface area contributed by atoms with Gasteiger partial charge in [0.05, 0.1) is 0 Å². The van der Waals surface area contributed by atoms with Crippen molar-refractivity contribution in [3.63, 3.8) is 0 Å². The maximum atomic E-state index is 11.9. The van der Waals surface area contributed by atoms with Crippen LogP contribution < -0.4 is 10.6 Å². The molecule has 1 aliphatic heterocycles. The molecule has 0 saturated carbocycles. The van der Waals surface area contributed by atoms with Gasteiger partial charge in [-0.15, -0.1) is 0 Å². The lowest BCUT2D eigenvalue weighted by atomic mass is 10.2. The highest BCUT2D eigenvalue weighted by Crippen LogP contribution is 2.03. The molecule has 19 heavy (non-hydrogen) atoms. The first-order valence-corrected chi connectivity index (χ1v) is 7.48. The number of carboxylic acid groups (broad SMARTS) is 1. The van der Waals surface area contributed by atoms with Gasteiger partial charge in [0.25, 0.3) is 0 Å². The van der Waals surface area contributed by atoms with Crippen molar-refractivity contribution in [2.75, 3.05) is 31.6 Å². The highest BCUT2D eigenvalue weighted by molar-refractivity contribution is 7.98. The van der Waals surface area contributed by atoms with Crippen molar-refractivity contribution in [1.82, 2.24) is 15.5 Å². The van der Waals surface area contributed by atoms with Crippen LogP contribution in [0.1, 0.15) is 12.8 Å². The van der Waals surface area contributed by atoms with Gasteiger partial charge in [-0.25, -0.2) is 9.59 Å². The van der Waals surface area contributed by atoms with Gasteiger partial charge in [0.1, 0.15) is 12.6 Å². The van der Waals surface area contributed by atoms with Crippen molar-refractivity contribution in [2.45, 2.75) is 18.9 Å². The van der Waals surface area contributed by atoms with Crippen LogP contribution in [-0.4, -0.2) is 65.6 Å². The Morgan fingerprint density at radius 3 is 2.95 bits per heavy atom. The summed E-state index contributed by atoms with van der Waals surface area (Å²) in [6.07, 6.45) is 2.91. The van der Waals surface area contributed by atoms with Gasteiger partial charge in [-0.3, -0.25) is 4.79 Å². The van der Waals surface area contributed by atoms with Gasteiger partial charge >= 0.3 is 12.0 Å². The van der Waals surface area contributed by atoms with E-state index in [1.54, 1.807) is 0 Å². The lowest BCUT2D eigenvalue weighted by molar-refractivity contribution is -0.139. The third-order valence-electron chi connectivity index (χ3n) is 2.76. The molecule has 0 aliphatic carbocycles. The molecule has 108 valence electrons. The molecule has 1 saturated heterocycles. The molecule has 0 aromatic carbocycles. The Morgan fingerprint density at radius 2 is 2.32 bits per heavy atom. The number of hydrogen-bond donors (Lipinski definition) is 3. The Labute approximate surface area is 116 Å². The molecular formula is C11H19N3O4S. The van der Waals surface area contributed by atoms with Crippen molar-refractivity contribution in [3.8, 4) is 0 Å². The van der Waals surface area contributed by atoms with Gasteiger partial charge in [-0.05, 0) is 24.9 Å². The molecule has 0 aromatic heterocycles. The van der Waals surface area contributed by atoms with E-state index in [4.69, 9.17) is 5.11 Å². The molecule has 1 fully saturated rings. The maximum absolute atomic E-state index is 11.9. The first-order valence-electron chi connectivity index (χ1n) is 6.08. The number of rotatable bonds is 5. The second kappa shape index (κ2) is 7.88. The molecule has 1 heterocycles. The summed E-state index contributed by atoms with van der Waals surface area (Å²) in [4.78, 5) is 35.7. The van der Waals surface area contributed by atoms with Crippen molar-refractivity contribution >= 4 is 29.7 Å². The Balaban J connectivity index is 2.54. The van der Waals surface area contributed by atoms with Gasteiger partial charge in [-0.2, -0.15) is 11.8 Å². The molecule has 0 aromatic rings. The smallest absolute Gasteiger partial charge is 0.326 e. The lowest BCUT2D eigenvalue weighted by Crippen LogP contribution is -2.49. The fourth-order valence-corrected chi connectivity index (χ4v) is 2.18. The number of nitrogens with one attached hydrogen (secondary N) is 2. The predicted octanol–water partition coefficient (Wildman–Crippen LogP) is -0.276. The minimum absolute atomic E-state index is 0.0271. The molecule has 1 rings (SSSR count). The second-order valence-electron chi connectivity index (χ2n) is 4.25. The molecule has 3 amide bonds. The van der Waals surface area contributed by atoms with Crippen molar-refractivity contribution < 1.29 is 19.5 Å². The summed E-state index contributed by atoms with van der Waals surface area (Å²) in [5, 5.41) is 14.2. The predicted molar refractivity (Wildman–Crippen MR) is 72.2 cm³/mol. The normalized spacial score (nSPS) is 17.3. The summed E-state index contributed by atoms with van der Waals surface area (Å²) >= 11 is 1.52. The fraction of sp³-hybridized carbons (Fsp3) is 0.727. The molecule has 8 heteroatoms. The summed E-state index contributed by atoms with van der Waals surface area (Å²) in [7, 11) is 0. The fourth-order valence-electron chi connectivity index (χ4n) is 1.71. The summed E-state index contributed by atoms with van der Waals surface area (Å²) < 4.78 is 0. The SMILES string of the molecule is CSCC[C@@H](NC(=O)N1CCCNC(=O)C1)C(=O)O.